The summed E-state index contributed by atoms with van der Waals surface area (Å²) in [4.78, 5) is 2.68. The zero-order chi connectivity index (χ0) is 10.7. The molecular formula is C12H24N2S. The van der Waals surface area contributed by atoms with Gasteiger partial charge in [0.05, 0.1) is 0 Å². The molecule has 2 saturated heterocycles. The van der Waals surface area contributed by atoms with Gasteiger partial charge in [-0.1, -0.05) is 0 Å². The molecule has 0 aliphatic carbocycles. The highest BCUT2D eigenvalue weighted by Crippen LogP contribution is 2.27. The number of piperidine rings is 1. The highest BCUT2D eigenvalue weighted by molar-refractivity contribution is 7.99. The van der Waals surface area contributed by atoms with Crippen LogP contribution in [0.4, 0.5) is 0 Å². The van der Waals surface area contributed by atoms with E-state index in [-0.39, 0.29) is 0 Å². The molecule has 0 aromatic heterocycles. The Hall–Kier alpha value is 0.270. The molecule has 88 valence electrons. The van der Waals surface area contributed by atoms with Crippen LogP contribution in [-0.4, -0.2) is 48.6 Å². The lowest BCUT2D eigenvalue weighted by molar-refractivity contribution is 0.138. The van der Waals surface area contributed by atoms with Crippen LogP contribution in [0.5, 0.6) is 0 Å². The van der Waals surface area contributed by atoms with Gasteiger partial charge in [0.1, 0.15) is 0 Å². The Morgan fingerprint density at radius 1 is 1.40 bits per heavy atom. The van der Waals surface area contributed by atoms with Crippen molar-refractivity contribution >= 4 is 11.8 Å². The second-order valence-corrected chi connectivity index (χ2v) is 6.49. The normalized spacial score (nSPS) is 32.0. The minimum absolute atomic E-state index is 0.404. The van der Waals surface area contributed by atoms with E-state index >= 15 is 0 Å². The van der Waals surface area contributed by atoms with Gasteiger partial charge in [-0.05, 0) is 63.7 Å². The first kappa shape index (κ1) is 11.7. The van der Waals surface area contributed by atoms with Crippen LogP contribution in [0.1, 0.15) is 26.2 Å². The maximum absolute atomic E-state index is 3.46. The standard InChI is InChI=1S/C12H24N2S/c1-12(13-2)4-6-14(7-5-12)9-11-3-8-15-10-11/h11,13H,3-10H2,1-2H3. The van der Waals surface area contributed by atoms with Crippen molar-refractivity contribution in [2.75, 3.05) is 38.2 Å². The van der Waals surface area contributed by atoms with Gasteiger partial charge in [0, 0.05) is 12.1 Å². The Balaban J connectivity index is 1.73. The summed E-state index contributed by atoms with van der Waals surface area (Å²) in [6.45, 7) is 6.29. The van der Waals surface area contributed by atoms with Gasteiger partial charge in [0.2, 0.25) is 0 Å². The van der Waals surface area contributed by atoms with Gasteiger partial charge in [-0.2, -0.15) is 11.8 Å². The second-order valence-electron chi connectivity index (χ2n) is 5.34. The number of nitrogens with one attached hydrogen (secondary N) is 1. The molecule has 0 radical (unpaired) electrons. The molecule has 0 aromatic rings. The van der Waals surface area contributed by atoms with Crippen LogP contribution in [0, 0.1) is 5.92 Å². The zero-order valence-electron chi connectivity index (χ0n) is 10.1. The first-order chi connectivity index (χ1) is 7.22. The zero-order valence-corrected chi connectivity index (χ0v) is 10.9. The number of thioether (sulfide) groups is 1. The number of hydrogen-bond acceptors (Lipinski definition) is 3. The molecule has 0 bridgehead atoms. The minimum atomic E-state index is 0.404. The molecule has 2 fully saturated rings. The summed E-state index contributed by atoms with van der Waals surface area (Å²) in [5.41, 5.74) is 0.404. The number of hydrogen-bond donors (Lipinski definition) is 1. The van der Waals surface area contributed by atoms with Gasteiger partial charge < -0.3 is 10.2 Å². The highest BCUT2D eigenvalue weighted by atomic mass is 32.2. The first-order valence-corrected chi connectivity index (χ1v) is 7.36. The van der Waals surface area contributed by atoms with Gasteiger partial charge >= 0.3 is 0 Å². The fourth-order valence-corrected chi connectivity index (χ4v) is 3.84. The SMILES string of the molecule is CNC1(C)CCN(CC2CCSC2)CC1. The van der Waals surface area contributed by atoms with Crippen molar-refractivity contribution in [1.29, 1.82) is 0 Å². The van der Waals surface area contributed by atoms with E-state index < -0.39 is 0 Å². The molecule has 1 unspecified atom stereocenters. The van der Waals surface area contributed by atoms with E-state index in [1.165, 1.54) is 50.4 Å². The van der Waals surface area contributed by atoms with Crippen molar-refractivity contribution in [1.82, 2.24) is 10.2 Å². The fourth-order valence-electron chi connectivity index (χ4n) is 2.57. The largest absolute Gasteiger partial charge is 0.314 e. The summed E-state index contributed by atoms with van der Waals surface area (Å²) < 4.78 is 0. The molecule has 15 heavy (non-hydrogen) atoms. The van der Waals surface area contributed by atoms with Crippen molar-refractivity contribution in [3.8, 4) is 0 Å². The lowest BCUT2D eigenvalue weighted by Crippen LogP contribution is -2.50. The maximum Gasteiger partial charge on any atom is 0.0174 e. The predicted octanol–water partition coefficient (Wildman–Crippen LogP) is 1.81. The van der Waals surface area contributed by atoms with E-state index in [1.807, 2.05) is 0 Å². The lowest BCUT2D eigenvalue weighted by atomic mass is 9.89. The third-order valence-electron chi connectivity index (χ3n) is 4.10. The summed E-state index contributed by atoms with van der Waals surface area (Å²) >= 11 is 2.14. The molecule has 0 amide bonds. The van der Waals surface area contributed by atoms with Gasteiger partial charge in [-0.25, -0.2) is 0 Å². The van der Waals surface area contributed by atoms with Crippen LogP contribution in [0.15, 0.2) is 0 Å². The van der Waals surface area contributed by atoms with Crippen LogP contribution in [-0.2, 0) is 0 Å². The summed E-state index contributed by atoms with van der Waals surface area (Å²) in [6.07, 6.45) is 4.07. The highest BCUT2D eigenvalue weighted by Gasteiger charge is 2.29. The molecule has 1 N–H and O–H groups in total. The topological polar surface area (TPSA) is 15.3 Å². The van der Waals surface area contributed by atoms with Crippen LogP contribution in [0.2, 0.25) is 0 Å². The van der Waals surface area contributed by atoms with Gasteiger partial charge in [0.15, 0.2) is 0 Å². The molecule has 0 saturated carbocycles. The third-order valence-corrected chi connectivity index (χ3v) is 5.34. The first-order valence-electron chi connectivity index (χ1n) is 6.21. The third kappa shape index (κ3) is 3.11. The van der Waals surface area contributed by atoms with E-state index in [2.05, 4.69) is 35.9 Å². The molecule has 2 aliphatic rings. The van der Waals surface area contributed by atoms with E-state index in [0.717, 1.165) is 5.92 Å². The smallest absolute Gasteiger partial charge is 0.0174 e. The predicted molar refractivity (Wildman–Crippen MR) is 68.6 cm³/mol. The molecular weight excluding hydrogens is 204 g/mol. The van der Waals surface area contributed by atoms with Crippen molar-refractivity contribution in [2.24, 2.45) is 5.92 Å². The van der Waals surface area contributed by atoms with Crippen molar-refractivity contribution in [3.05, 3.63) is 0 Å². The average molecular weight is 228 g/mol. The Bertz CT molecular complexity index is 194. The summed E-state index contributed by atoms with van der Waals surface area (Å²) in [5.74, 6) is 3.78. The van der Waals surface area contributed by atoms with Crippen LogP contribution >= 0.6 is 11.8 Å². The minimum Gasteiger partial charge on any atom is -0.314 e. The molecule has 0 aromatic carbocycles. The quantitative estimate of drug-likeness (QED) is 0.793. The van der Waals surface area contributed by atoms with Gasteiger partial charge in [0.25, 0.3) is 0 Å². The van der Waals surface area contributed by atoms with Crippen LogP contribution in [0.3, 0.4) is 0 Å². The summed E-state index contributed by atoms with van der Waals surface area (Å²) in [5, 5.41) is 3.46. The molecule has 2 nitrogen and oxygen atoms in total. The second kappa shape index (κ2) is 5.07. The van der Waals surface area contributed by atoms with Crippen LogP contribution < -0.4 is 5.32 Å². The van der Waals surface area contributed by atoms with Crippen molar-refractivity contribution < 1.29 is 0 Å². The Kier molecular flexibility index (Phi) is 3.97. The van der Waals surface area contributed by atoms with Crippen molar-refractivity contribution in [2.45, 2.75) is 31.7 Å². The Morgan fingerprint density at radius 3 is 2.67 bits per heavy atom. The molecule has 3 heteroatoms. The molecule has 0 spiro atoms. The van der Waals surface area contributed by atoms with E-state index in [4.69, 9.17) is 0 Å². The summed E-state index contributed by atoms with van der Waals surface area (Å²) in [7, 11) is 2.10. The van der Waals surface area contributed by atoms with Gasteiger partial charge in [-0.3, -0.25) is 0 Å². The van der Waals surface area contributed by atoms with Crippen LogP contribution in [0.25, 0.3) is 0 Å². The number of nitrogens with zero attached hydrogens (tertiary/aromatic N) is 1. The van der Waals surface area contributed by atoms with Crippen molar-refractivity contribution in [3.63, 3.8) is 0 Å². The average Bonchev–Trinajstić information content (AvgIpc) is 2.75. The number of rotatable bonds is 3. The van der Waals surface area contributed by atoms with E-state index in [9.17, 15) is 0 Å². The monoisotopic (exact) mass is 228 g/mol. The van der Waals surface area contributed by atoms with E-state index in [1.54, 1.807) is 0 Å². The molecule has 1 atom stereocenters. The van der Waals surface area contributed by atoms with E-state index in [0.29, 0.717) is 5.54 Å². The lowest BCUT2D eigenvalue weighted by Gasteiger charge is -2.40. The summed E-state index contributed by atoms with van der Waals surface area (Å²) in [6, 6.07) is 0. The number of likely N-dealkylation sites (tertiary alicyclic amines) is 1. The van der Waals surface area contributed by atoms with Gasteiger partial charge in [-0.15, -0.1) is 0 Å². The fraction of sp³-hybridized carbons (Fsp3) is 1.00. The Morgan fingerprint density at radius 2 is 2.13 bits per heavy atom. The maximum atomic E-state index is 3.46. The molecule has 2 heterocycles. The molecule has 2 aliphatic heterocycles. The Labute approximate surface area is 98.2 Å². The molecule has 2 rings (SSSR count).